The van der Waals surface area contributed by atoms with Crippen LogP contribution in [0.15, 0.2) is 53.1 Å². The molecule has 0 aliphatic heterocycles. The van der Waals surface area contributed by atoms with Crippen molar-refractivity contribution in [2.45, 2.75) is 48.0 Å². The van der Waals surface area contributed by atoms with Crippen molar-refractivity contribution in [3.8, 4) is 0 Å². The summed E-state index contributed by atoms with van der Waals surface area (Å²) in [5, 5.41) is 2.69. The van der Waals surface area contributed by atoms with E-state index in [1.165, 1.54) is 42.5 Å². The first-order valence-electron chi connectivity index (χ1n) is 9.04. The van der Waals surface area contributed by atoms with Gasteiger partial charge in [0.15, 0.2) is 0 Å². The van der Waals surface area contributed by atoms with Gasteiger partial charge in [-0.15, -0.1) is 24.8 Å². The van der Waals surface area contributed by atoms with Crippen molar-refractivity contribution in [3.05, 3.63) is 58.7 Å². The normalized spacial score (nSPS) is 14.3. The van der Waals surface area contributed by atoms with Crippen LogP contribution < -0.4 is 3.87 Å². The van der Waals surface area contributed by atoms with E-state index in [1.807, 2.05) is 0 Å². The van der Waals surface area contributed by atoms with Crippen LogP contribution in [0.5, 0.6) is 0 Å². The largest absolute Gasteiger partial charge is 0.147 e. The first-order chi connectivity index (χ1) is 11.8. The summed E-state index contributed by atoms with van der Waals surface area (Å²) in [6.45, 7) is 14.3. The Morgan fingerprint density at radius 1 is 0.926 bits per heavy atom. The first-order valence-corrected chi connectivity index (χ1v) is 10.5. The summed E-state index contributed by atoms with van der Waals surface area (Å²) in [5.41, 5.74) is 7.55. The van der Waals surface area contributed by atoms with Crippen molar-refractivity contribution in [3.63, 3.8) is 0 Å². The van der Waals surface area contributed by atoms with Gasteiger partial charge in [0, 0.05) is 0 Å². The molecule has 0 amide bonds. The zero-order valence-corrected chi connectivity index (χ0v) is 20.3. The Balaban J connectivity index is 0.00000182. The average molecular weight is 441 g/mol. The van der Waals surface area contributed by atoms with Gasteiger partial charge in [0.25, 0.3) is 0 Å². The number of halogens is 2. The molecule has 2 aromatic rings. The van der Waals surface area contributed by atoms with E-state index in [0.717, 1.165) is 13.0 Å². The fourth-order valence-corrected chi connectivity index (χ4v) is 5.41. The number of rotatable bonds is 4. The molecule has 0 saturated heterocycles. The van der Waals surface area contributed by atoms with Crippen molar-refractivity contribution in [1.29, 1.82) is 0 Å². The minimum atomic E-state index is -0.639. The SMILES string of the molecule is CC1=C(C)C(C)=C(c2ccc3ccccc3[c]2[Ti][O]CC(C)(C)C)C1.Cl.Cl. The molecule has 0 aromatic heterocycles. The van der Waals surface area contributed by atoms with E-state index in [4.69, 9.17) is 3.32 Å². The number of hydrogen-bond acceptors (Lipinski definition) is 1. The van der Waals surface area contributed by atoms with Crippen LogP contribution in [-0.2, 0) is 22.9 Å². The van der Waals surface area contributed by atoms with Gasteiger partial charge in [-0.1, -0.05) is 0 Å². The molecule has 0 radical (unpaired) electrons. The Morgan fingerprint density at radius 3 is 2.19 bits per heavy atom. The zero-order valence-electron chi connectivity index (χ0n) is 17.1. The molecule has 1 aliphatic carbocycles. The van der Waals surface area contributed by atoms with Crippen LogP contribution in [0.1, 0.15) is 53.5 Å². The number of allylic oxidation sites excluding steroid dienone is 4. The topological polar surface area (TPSA) is 9.23 Å². The monoisotopic (exact) mass is 440 g/mol. The maximum Gasteiger partial charge on any atom is -0.147 e. The summed E-state index contributed by atoms with van der Waals surface area (Å²) in [5.74, 6) is 0. The molecular weight excluding hydrogens is 411 g/mol. The first kappa shape index (κ1) is 24.5. The Bertz CT molecular complexity index is 876. The van der Waals surface area contributed by atoms with E-state index in [1.54, 1.807) is 0 Å². The second-order valence-electron chi connectivity index (χ2n) is 8.35. The van der Waals surface area contributed by atoms with Gasteiger partial charge in [0.1, 0.15) is 0 Å². The maximum atomic E-state index is 6.27. The van der Waals surface area contributed by atoms with Crippen LogP contribution in [0.4, 0.5) is 0 Å². The molecule has 27 heavy (non-hydrogen) atoms. The van der Waals surface area contributed by atoms with Crippen LogP contribution >= 0.6 is 24.8 Å². The van der Waals surface area contributed by atoms with Gasteiger partial charge in [0.05, 0.1) is 0 Å². The van der Waals surface area contributed by atoms with Crippen LogP contribution in [0.2, 0.25) is 0 Å². The van der Waals surface area contributed by atoms with Gasteiger partial charge in [-0.2, -0.15) is 0 Å². The van der Waals surface area contributed by atoms with Crippen molar-refractivity contribution < 1.29 is 22.9 Å². The fourth-order valence-electron chi connectivity index (χ4n) is 3.33. The van der Waals surface area contributed by atoms with Crippen molar-refractivity contribution in [1.82, 2.24) is 0 Å². The molecule has 0 atom stereocenters. The maximum absolute atomic E-state index is 6.27. The smallest absolute Gasteiger partial charge is 0.147 e. The van der Waals surface area contributed by atoms with E-state index in [9.17, 15) is 0 Å². The summed E-state index contributed by atoms with van der Waals surface area (Å²) in [6, 6.07) is 13.3. The number of fused-ring (bicyclic) bond motifs is 1. The second kappa shape index (κ2) is 9.76. The molecule has 146 valence electrons. The van der Waals surface area contributed by atoms with Gasteiger partial charge in [-0.25, -0.2) is 0 Å². The Labute approximate surface area is 185 Å². The molecule has 0 spiro atoms. The van der Waals surface area contributed by atoms with Crippen LogP contribution in [-0.4, -0.2) is 6.61 Å². The Morgan fingerprint density at radius 2 is 1.59 bits per heavy atom. The molecule has 0 heterocycles. The fraction of sp³-hybridized carbons (Fsp3) is 0.391. The predicted octanol–water partition coefficient (Wildman–Crippen LogP) is 6.88. The molecule has 0 unspecified atom stereocenters. The van der Waals surface area contributed by atoms with Crippen molar-refractivity contribution >= 4 is 45.0 Å². The summed E-state index contributed by atoms with van der Waals surface area (Å²) in [6.07, 6.45) is 1.08. The molecule has 0 bridgehead atoms. The Kier molecular flexibility index (Phi) is 8.85. The molecule has 0 N–H and O–H groups in total. The Hall–Kier alpha value is -0.566. The summed E-state index contributed by atoms with van der Waals surface area (Å²) in [4.78, 5) is 0. The molecule has 3 rings (SSSR count). The van der Waals surface area contributed by atoms with Gasteiger partial charge >= 0.3 is 162 Å². The standard InChI is InChI=1S/C18H17.C5H11O.2ClH.Ti/c1-12-10-18(14(3)13(12)2)17-9-8-15-6-4-5-7-16(15)11-17;1-5(2,3)4-6;;;/h4-9H,10H2,1-3H3;4H2,1-3H3;2*1H;/q;-1;;;+1. The molecule has 1 aliphatic rings. The van der Waals surface area contributed by atoms with Crippen molar-refractivity contribution in [2.24, 2.45) is 5.41 Å². The third-order valence-corrected chi connectivity index (χ3v) is 6.64. The zero-order chi connectivity index (χ0) is 18.2. The molecule has 0 saturated carbocycles. The minimum Gasteiger partial charge on any atom is -0.147 e. The molecule has 2 aromatic carbocycles. The molecule has 1 nitrogen and oxygen atoms in total. The molecule has 4 heteroatoms. The second-order valence-corrected chi connectivity index (χ2v) is 9.90. The van der Waals surface area contributed by atoms with Gasteiger partial charge in [-0.3, -0.25) is 0 Å². The quantitative estimate of drug-likeness (QED) is 0.470. The summed E-state index contributed by atoms with van der Waals surface area (Å²) >= 11 is -0.639. The van der Waals surface area contributed by atoms with E-state index in [0.29, 0.717) is 0 Å². The van der Waals surface area contributed by atoms with Gasteiger partial charge in [-0.05, 0) is 0 Å². The third-order valence-electron chi connectivity index (χ3n) is 5.03. The van der Waals surface area contributed by atoms with Gasteiger partial charge in [0.2, 0.25) is 0 Å². The van der Waals surface area contributed by atoms with E-state index < -0.39 is 19.5 Å². The van der Waals surface area contributed by atoms with Gasteiger partial charge < -0.3 is 0 Å². The van der Waals surface area contributed by atoms with Crippen LogP contribution in [0, 0.1) is 5.41 Å². The predicted molar refractivity (Wildman–Crippen MR) is 119 cm³/mol. The number of benzene rings is 2. The van der Waals surface area contributed by atoms with E-state index >= 15 is 0 Å². The average Bonchev–Trinajstić information content (AvgIpc) is 2.81. The van der Waals surface area contributed by atoms with Crippen LogP contribution in [0.25, 0.3) is 16.3 Å². The van der Waals surface area contributed by atoms with E-state index in [2.05, 4.69) is 77.9 Å². The minimum absolute atomic E-state index is 0. The molecule has 0 fully saturated rings. The molecular formula is C23H30Cl2OTi. The summed E-state index contributed by atoms with van der Waals surface area (Å²) in [7, 11) is 0. The van der Waals surface area contributed by atoms with Crippen LogP contribution in [0.3, 0.4) is 0 Å². The third kappa shape index (κ3) is 5.49. The number of hydrogen-bond donors (Lipinski definition) is 0. The summed E-state index contributed by atoms with van der Waals surface area (Å²) < 4.78 is 7.73. The van der Waals surface area contributed by atoms with Crippen molar-refractivity contribution in [2.75, 3.05) is 6.61 Å². The van der Waals surface area contributed by atoms with E-state index in [-0.39, 0.29) is 30.2 Å².